The van der Waals surface area contributed by atoms with E-state index in [1.54, 1.807) is 11.3 Å². The second-order valence-corrected chi connectivity index (χ2v) is 11.9. The molecule has 4 heterocycles. The highest BCUT2D eigenvalue weighted by molar-refractivity contribution is 7.18. The molecule has 1 aliphatic carbocycles. The molecule has 10 nitrogen and oxygen atoms in total. The highest BCUT2D eigenvalue weighted by Crippen LogP contribution is 2.30. The Labute approximate surface area is 250 Å². The van der Waals surface area contributed by atoms with E-state index in [1.807, 2.05) is 66.0 Å². The zero-order valence-electron chi connectivity index (χ0n) is 23.7. The molecule has 0 spiro atoms. The normalized spacial score (nSPS) is 16.2. The van der Waals surface area contributed by atoms with E-state index in [4.69, 9.17) is 4.98 Å². The number of pyridine rings is 1. The lowest BCUT2D eigenvalue weighted by molar-refractivity contribution is 0.135. The number of anilines is 3. The zero-order chi connectivity index (χ0) is 28.6. The smallest absolute Gasteiger partial charge is 0.317 e. The van der Waals surface area contributed by atoms with Crippen LogP contribution < -0.4 is 16.0 Å². The van der Waals surface area contributed by atoms with Crippen molar-refractivity contribution in [1.82, 2.24) is 35.1 Å². The number of urea groups is 1. The monoisotopic (exact) mass is 583 g/mol. The number of hydrogen-bond donors (Lipinski definition) is 3. The largest absolute Gasteiger partial charge is 0.351 e. The maximum Gasteiger partial charge on any atom is 0.317 e. The Kier molecular flexibility index (Phi) is 9.16. The molecule has 2 amide bonds. The van der Waals surface area contributed by atoms with Crippen LogP contribution in [0.25, 0.3) is 10.6 Å². The topological polar surface area (TPSA) is 111 Å². The molecule has 1 aromatic carbocycles. The van der Waals surface area contributed by atoms with Gasteiger partial charge in [0.2, 0.25) is 5.95 Å². The van der Waals surface area contributed by atoms with Gasteiger partial charge in [0.25, 0.3) is 0 Å². The summed E-state index contributed by atoms with van der Waals surface area (Å²) in [5.41, 5.74) is 3.13. The molecule has 2 fully saturated rings. The third-order valence-corrected chi connectivity index (χ3v) is 8.70. The maximum atomic E-state index is 12.6. The second-order valence-electron chi connectivity index (χ2n) is 10.9. The minimum atomic E-state index is -0.00427. The Balaban J connectivity index is 0.992. The molecule has 6 rings (SSSR count). The van der Waals surface area contributed by atoms with Crippen molar-refractivity contribution in [3.8, 4) is 10.6 Å². The molecule has 3 aromatic heterocycles. The molecule has 0 atom stereocenters. The summed E-state index contributed by atoms with van der Waals surface area (Å²) in [7, 11) is 0. The Morgan fingerprint density at radius 1 is 0.905 bits per heavy atom. The van der Waals surface area contributed by atoms with Gasteiger partial charge in [-0.25, -0.2) is 24.7 Å². The lowest BCUT2D eigenvalue weighted by atomic mass is 9.96. The number of nitrogens with zero attached hydrogens (tertiary/aromatic N) is 6. The number of amides is 2. The summed E-state index contributed by atoms with van der Waals surface area (Å²) in [6.07, 6.45) is 11.7. The van der Waals surface area contributed by atoms with Crippen LogP contribution in [0.3, 0.4) is 0 Å². The Hall–Kier alpha value is -4.09. The van der Waals surface area contributed by atoms with Crippen molar-refractivity contribution in [1.29, 1.82) is 0 Å². The summed E-state index contributed by atoms with van der Waals surface area (Å²) < 4.78 is 0. The Morgan fingerprint density at radius 3 is 2.55 bits per heavy atom. The van der Waals surface area contributed by atoms with Crippen LogP contribution in [-0.2, 0) is 13.1 Å². The number of carbonyl (C=O) groups is 1. The van der Waals surface area contributed by atoms with Crippen LogP contribution in [-0.4, -0.2) is 68.0 Å². The molecule has 2 aliphatic rings. The summed E-state index contributed by atoms with van der Waals surface area (Å²) in [5, 5.41) is 10.7. The molecular weight excluding hydrogens is 546 g/mol. The van der Waals surface area contributed by atoms with Crippen molar-refractivity contribution in [2.45, 2.75) is 51.2 Å². The first kappa shape index (κ1) is 28.0. The van der Waals surface area contributed by atoms with E-state index < -0.39 is 0 Å². The average molecular weight is 584 g/mol. The van der Waals surface area contributed by atoms with Gasteiger partial charge >= 0.3 is 6.03 Å². The summed E-state index contributed by atoms with van der Waals surface area (Å²) >= 11 is 1.55. The minimum absolute atomic E-state index is 0.00427. The maximum absolute atomic E-state index is 12.6. The molecule has 4 aromatic rings. The van der Waals surface area contributed by atoms with E-state index in [0.717, 1.165) is 46.7 Å². The fourth-order valence-corrected chi connectivity index (χ4v) is 6.24. The molecule has 0 radical (unpaired) electrons. The van der Waals surface area contributed by atoms with Crippen molar-refractivity contribution in [2.75, 3.05) is 36.8 Å². The third-order valence-electron chi connectivity index (χ3n) is 7.76. The van der Waals surface area contributed by atoms with Gasteiger partial charge in [-0.1, -0.05) is 60.9 Å². The fourth-order valence-electron chi connectivity index (χ4n) is 5.45. The van der Waals surface area contributed by atoms with Gasteiger partial charge in [0, 0.05) is 63.9 Å². The SMILES string of the molecule is O=C(NCc1ccccc1)N1CCN(Cc2ccnc(Nc3ncc(-c4ccnc(NC5CCCCC5)n4)s3)c2)CC1. The van der Waals surface area contributed by atoms with Crippen molar-refractivity contribution in [2.24, 2.45) is 0 Å². The van der Waals surface area contributed by atoms with Crippen LogP contribution in [0.5, 0.6) is 0 Å². The van der Waals surface area contributed by atoms with Crippen LogP contribution >= 0.6 is 11.3 Å². The number of carbonyl (C=O) groups excluding carboxylic acids is 1. The molecule has 11 heteroatoms. The van der Waals surface area contributed by atoms with Gasteiger partial charge < -0.3 is 20.9 Å². The van der Waals surface area contributed by atoms with Crippen molar-refractivity contribution in [3.05, 3.63) is 78.2 Å². The first-order valence-electron chi connectivity index (χ1n) is 14.7. The minimum Gasteiger partial charge on any atom is -0.351 e. The van der Waals surface area contributed by atoms with E-state index in [1.165, 1.54) is 37.7 Å². The molecule has 0 unspecified atom stereocenters. The summed E-state index contributed by atoms with van der Waals surface area (Å²) in [5.74, 6) is 1.44. The Morgan fingerprint density at radius 2 is 1.71 bits per heavy atom. The lowest BCUT2D eigenvalue weighted by Gasteiger charge is -2.34. The molecule has 0 bridgehead atoms. The van der Waals surface area contributed by atoms with Crippen LogP contribution in [0.1, 0.15) is 43.2 Å². The number of nitrogens with one attached hydrogen (secondary N) is 3. The molecule has 218 valence electrons. The quantitative estimate of drug-likeness (QED) is 0.237. The lowest BCUT2D eigenvalue weighted by Crippen LogP contribution is -2.51. The average Bonchev–Trinajstić information content (AvgIpc) is 3.50. The second kappa shape index (κ2) is 13.7. The molecule has 3 N–H and O–H groups in total. The predicted octanol–water partition coefficient (Wildman–Crippen LogP) is 5.51. The number of aromatic nitrogens is 4. The third kappa shape index (κ3) is 7.59. The predicted molar refractivity (Wildman–Crippen MR) is 167 cm³/mol. The first-order valence-corrected chi connectivity index (χ1v) is 15.6. The molecule has 42 heavy (non-hydrogen) atoms. The van der Waals surface area contributed by atoms with Crippen LogP contribution in [0.2, 0.25) is 0 Å². The molecule has 1 saturated heterocycles. The van der Waals surface area contributed by atoms with Gasteiger partial charge in [0.1, 0.15) is 5.82 Å². The van der Waals surface area contributed by atoms with Gasteiger partial charge in [-0.05, 0) is 42.2 Å². The van der Waals surface area contributed by atoms with Crippen molar-refractivity contribution >= 4 is 34.3 Å². The van der Waals surface area contributed by atoms with E-state index in [9.17, 15) is 4.79 Å². The molecule has 1 aliphatic heterocycles. The first-order chi connectivity index (χ1) is 20.7. The summed E-state index contributed by atoms with van der Waals surface area (Å²) in [6.45, 7) is 4.42. The van der Waals surface area contributed by atoms with Gasteiger partial charge in [0.15, 0.2) is 5.13 Å². The van der Waals surface area contributed by atoms with Crippen molar-refractivity contribution < 1.29 is 4.79 Å². The van der Waals surface area contributed by atoms with Gasteiger partial charge in [0.05, 0.1) is 10.6 Å². The van der Waals surface area contributed by atoms with E-state index in [2.05, 4.69) is 41.9 Å². The van der Waals surface area contributed by atoms with Crippen molar-refractivity contribution in [3.63, 3.8) is 0 Å². The number of thiazole rings is 1. The highest BCUT2D eigenvalue weighted by Gasteiger charge is 2.21. The summed E-state index contributed by atoms with van der Waals surface area (Å²) in [4.78, 5) is 36.1. The molecule has 1 saturated carbocycles. The van der Waals surface area contributed by atoms with E-state index in [0.29, 0.717) is 31.6 Å². The van der Waals surface area contributed by atoms with Crippen LogP contribution in [0, 0.1) is 0 Å². The van der Waals surface area contributed by atoms with Gasteiger partial charge in [-0.3, -0.25) is 4.90 Å². The zero-order valence-corrected chi connectivity index (χ0v) is 24.5. The number of piperazine rings is 1. The van der Waals surface area contributed by atoms with Crippen LogP contribution in [0.15, 0.2) is 67.1 Å². The number of rotatable bonds is 9. The highest BCUT2D eigenvalue weighted by atomic mass is 32.1. The number of benzene rings is 1. The standard InChI is InChI=1S/C31H37N9OS/c41-31(35-20-23-7-3-1-4-8-23)40-17-15-39(16-18-40)22-24-11-13-32-28(19-24)38-30-34-21-27(42-30)26-12-14-33-29(37-26)36-25-9-5-2-6-10-25/h1,3-4,7-8,11-14,19,21,25H,2,5-6,9-10,15-18,20,22H2,(H,35,41)(H,32,34,38)(H,33,36,37). The van der Waals surface area contributed by atoms with Gasteiger partial charge in [-0.2, -0.15) is 0 Å². The Bertz CT molecular complexity index is 1450. The van der Waals surface area contributed by atoms with Gasteiger partial charge in [-0.15, -0.1) is 0 Å². The summed E-state index contributed by atoms with van der Waals surface area (Å²) in [6, 6.07) is 16.5. The van der Waals surface area contributed by atoms with E-state index >= 15 is 0 Å². The van der Waals surface area contributed by atoms with Crippen LogP contribution in [0.4, 0.5) is 21.7 Å². The fraction of sp³-hybridized carbons (Fsp3) is 0.387. The number of hydrogen-bond acceptors (Lipinski definition) is 9. The molecular formula is C31H37N9OS. The van der Waals surface area contributed by atoms with E-state index in [-0.39, 0.29) is 6.03 Å².